The third-order valence-corrected chi connectivity index (χ3v) is 1.91. The van der Waals surface area contributed by atoms with Crippen molar-refractivity contribution in [2.45, 2.75) is 12.8 Å². The summed E-state index contributed by atoms with van der Waals surface area (Å²) < 4.78 is 9.36. The van der Waals surface area contributed by atoms with Crippen LogP contribution in [0.4, 0.5) is 0 Å². The molecule has 0 saturated heterocycles. The van der Waals surface area contributed by atoms with Crippen LogP contribution in [0.2, 0.25) is 0 Å². The van der Waals surface area contributed by atoms with Crippen LogP contribution in [-0.4, -0.2) is 29.9 Å². The van der Waals surface area contributed by atoms with Crippen molar-refractivity contribution in [1.29, 1.82) is 0 Å². The third kappa shape index (κ3) is 5.11. The van der Waals surface area contributed by atoms with Crippen LogP contribution in [0.3, 0.4) is 0 Å². The van der Waals surface area contributed by atoms with Gasteiger partial charge in [0.2, 0.25) is 0 Å². The fraction of sp³-hybridized carbons (Fsp3) is 0.250. The lowest BCUT2D eigenvalue weighted by Crippen LogP contribution is -2.13. The van der Waals surface area contributed by atoms with Crippen molar-refractivity contribution < 1.29 is 29.0 Å². The Kier molecular flexibility index (Phi) is 5.37. The topological polar surface area (TPSA) is 89.9 Å². The number of carbonyl (C=O) groups is 3. The van der Waals surface area contributed by atoms with Crippen LogP contribution in [0.5, 0.6) is 11.5 Å². The number of benzene rings is 1. The van der Waals surface area contributed by atoms with Crippen molar-refractivity contribution in [3.8, 4) is 11.5 Å². The molecule has 96 valence electrons. The van der Waals surface area contributed by atoms with E-state index >= 15 is 0 Å². The molecule has 6 nitrogen and oxygen atoms in total. The summed E-state index contributed by atoms with van der Waals surface area (Å²) in [5, 5.41) is 9.02. The molecule has 1 aromatic carbocycles. The number of hydrogen-bond acceptors (Lipinski definition) is 6. The van der Waals surface area contributed by atoms with Crippen LogP contribution < -0.4 is 4.74 Å². The van der Waals surface area contributed by atoms with Crippen molar-refractivity contribution in [1.82, 2.24) is 0 Å². The lowest BCUT2D eigenvalue weighted by atomic mass is 10.3. The molecule has 0 atom stereocenters. The fourth-order valence-electron chi connectivity index (χ4n) is 1.10. The van der Waals surface area contributed by atoms with Gasteiger partial charge < -0.3 is 14.6 Å². The number of esters is 2. The molecule has 0 fully saturated rings. The van der Waals surface area contributed by atoms with Gasteiger partial charge in [-0.3, -0.25) is 14.4 Å². The van der Waals surface area contributed by atoms with Crippen LogP contribution in [-0.2, 0) is 19.1 Å². The molecule has 0 aromatic heterocycles. The Labute approximate surface area is 103 Å². The van der Waals surface area contributed by atoms with E-state index in [0.717, 1.165) is 0 Å². The number of aldehydes is 1. The van der Waals surface area contributed by atoms with Gasteiger partial charge in [0.15, 0.2) is 6.29 Å². The van der Waals surface area contributed by atoms with Gasteiger partial charge in [-0.1, -0.05) is 0 Å². The molecule has 0 amide bonds. The maximum atomic E-state index is 11.3. The number of ether oxygens (including phenoxy) is 2. The van der Waals surface area contributed by atoms with E-state index in [1.54, 1.807) is 0 Å². The van der Waals surface area contributed by atoms with Gasteiger partial charge in [-0.2, -0.15) is 0 Å². The molecule has 1 aromatic rings. The molecule has 0 unspecified atom stereocenters. The second-order valence-electron chi connectivity index (χ2n) is 3.32. The van der Waals surface area contributed by atoms with E-state index in [1.165, 1.54) is 24.3 Å². The molecule has 0 aliphatic heterocycles. The maximum Gasteiger partial charge on any atom is 0.311 e. The second kappa shape index (κ2) is 7.05. The zero-order chi connectivity index (χ0) is 13.4. The normalized spacial score (nSPS) is 9.56. The molecule has 0 heterocycles. The van der Waals surface area contributed by atoms with Gasteiger partial charge >= 0.3 is 11.9 Å². The first-order valence-corrected chi connectivity index (χ1v) is 5.21. The number of hydrogen-bond donors (Lipinski definition) is 1. The van der Waals surface area contributed by atoms with Crippen LogP contribution in [0, 0.1) is 0 Å². The Morgan fingerprint density at radius 1 is 1.11 bits per heavy atom. The first kappa shape index (κ1) is 13.7. The Balaban J connectivity index is 2.31. The van der Waals surface area contributed by atoms with Crippen LogP contribution in [0.1, 0.15) is 12.8 Å². The first-order chi connectivity index (χ1) is 8.61. The highest BCUT2D eigenvalue weighted by molar-refractivity contribution is 5.79. The number of rotatable bonds is 6. The van der Waals surface area contributed by atoms with Crippen LogP contribution in [0.25, 0.3) is 0 Å². The monoisotopic (exact) mass is 252 g/mol. The molecule has 0 radical (unpaired) electrons. The highest BCUT2D eigenvalue weighted by Crippen LogP contribution is 2.16. The number of phenols is 1. The standard InChI is InChI=1S/C12H12O6/c13-7-8-17-11(15)5-6-12(16)18-10-3-1-9(14)2-4-10/h1-4,7,14H,5-6,8H2. The summed E-state index contributed by atoms with van der Waals surface area (Å²) in [6.45, 7) is -0.314. The van der Waals surface area contributed by atoms with Gasteiger partial charge in [0.1, 0.15) is 18.1 Å². The van der Waals surface area contributed by atoms with Gasteiger partial charge in [-0.05, 0) is 24.3 Å². The lowest BCUT2D eigenvalue weighted by molar-refractivity contribution is -0.148. The summed E-state index contributed by atoms with van der Waals surface area (Å²) in [4.78, 5) is 32.2. The molecule has 1 N–H and O–H groups in total. The van der Waals surface area contributed by atoms with Gasteiger partial charge in [-0.15, -0.1) is 0 Å². The minimum atomic E-state index is -0.634. The molecule has 1 rings (SSSR count). The third-order valence-electron chi connectivity index (χ3n) is 1.91. The zero-order valence-electron chi connectivity index (χ0n) is 9.50. The largest absolute Gasteiger partial charge is 0.508 e. The SMILES string of the molecule is O=CCOC(=O)CCC(=O)Oc1ccc(O)cc1. The van der Waals surface area contributed by atoms with E-state index in [0.29, 0.717) is 6.29 Å². The van der Waals surface area contributed by atoms with Crippen LogP contribution >= 0.6 is 0 Å². The second-order valence-corrected chi connectivity index (χ2v) is 3.32. The number of phenolic OH excluding ortho intramolecular Hbond substituents is 1. The predicted octanol–water partition coefficient (Wildman–Crippen LogP) is 0.820. The average molecular weight is 252 g/mol. The molecule has 0 aliphatic carbocycles. The molecular weight excluding hydrogens is 240 g/mol. The molecule has 0 bridgehead atoms. The first-order valence-electron chi connectivity index (χ1n) is 5.21. The summed E-state index contributed by atoms with van der Waals surface area (Å²) in [6, 6.07) is 5.61. The molecule has 6 heteroatoms. The van der Waals surface area contributed by atoms with E-state index < -0.39 is 11.9 Å². The highest BCUT2D eigenvalue weighted by atomic mass is 16.5. The van der Waals surface area contributed by atoms with Crippen molar-refractivity contribution in [2.24, 2.45) is 0 Å². The number of aromatic hydroxyl groups is 1. The van der Waals surface area contributed by atoms with Crippen LogP contribution in [0.15, 0.2) is 24.3 Å². The Bertz CT molecular complexity index is 423. The predicted molar refractivity (Wildman–Crippen MR) is 60.0 cm³/mol. The van der Waals surface area contributed by atoms with E-state index in [1.807, 2.05) is 0 Å². The Morgan fingerprint density at radius 2 is 1.72 bits per heavy atom. The average Bonchev–Trinajstić information content (AvgIpc) is 2.36. The van der Waals surface area contributed by atoms with Crippen molar-refractivity contribution in [2.75, 3.05) is 6.61 Å². The maximum absolute atomic E-state index is 11.3. The summed E-state index contributed by atoms with van der Waals surface area (Å²) in [5.74, 6) is -0.889. The molecule has 0 saturated carbocycles. The van der Waals surface area contributed by atoms with E-state index in [4.69, 9.17) is 9.84 Å². The van der Waals surface area contributed by atoms with E-state index in [9.17, 15) is 14.4 Å². The molecule has 18 heavy (non-hydrogen) atoms. The zero-order valence-corrected chi connectivity index (χ0v) is 9.50. The van der Waals surface area contributed by atoms with Gasteiger partial charge in [-0.25, -0.2) is 0 Å². The Hall–Kier alpha value is -2.37. The summed E-state index contributed by atoms with van der Waals surface area (Å²) in [7, 11) is 0. The summed E-state index contributed by atoms with van der Waals surface area (Å²) >= 11 is 0. The van der Waals surface area contributed by atoms with Gasteiger partial charge in [0, 0.05) is 0 Å². The van der Waals surface area contributed by atoms with Gasteiger partial charge in [0.25, 0.3) is 0 Å². The van der Waals surface area contributed by atoms with Crippen molar-refractivity contribution in [3.05, 3.63) is 24.3 Å². The molecular formula is C12H12O6. The van der Waals surface area contributed by atoms with E-state index in [2.05, 4.69) is 4.74 Å². The fourth-order valence-corrected chi connectivity index (χ4v) is 1.10. The number of carbonyl (C=O) groups excluding carboxylic acids is 3. The van der Waals surface area contributed by atoms with Crippen molar-refractivity contribution >= 4 is 18.2 Å². The summed E-state index contributed by atoms with van der Waals surface area (Å²) in [5.41, 5.74) is 0. The highest BCUT2D eigenvalue weighted by Gasteiger charge is 2.09. The smallest absolute Gasteiger partial charge is 0.311 e. The summed E-state index contributed by atoms with van der Waals surface area (Å²) in [6.07, 6.45) is 0.163. The minimum Gasteiger partial charge on any atom is -0.508 e. The Morgan fingerprint density at radius 3 is 2.33 bits per heavy atom. The van der Waals surface area contributed by atoms with Gasteiger partial charge in [0.05, 0.1) is 12.8 Å². The van der Waals surface area contributed by atoms with E-state index in [-0.39, 0.29) is 30.9 Å². The van der Waals surface area contributed by atoms with Crippen molar-refractivity contribution in [3.63, 3.8) is 0 Å². The minimum absolute atomic E-state index is 0.0623. The molecule has 0 aliphatic rings. The molecule has 0 spiro atoms. The lowest BCUT2D eigenvalue weighted by Gasteiger charge is -2.04. The quantitative estimate of drug-likeness (QED) is 0.458.